The van der Waals surface area contributed by atoms with Crippen LogP contribution < -0.4 is 4.74 Å². The molecule has 0 atom stereocenters. The van der Waals surface area contributed by atoms with E-state index in [0.717, 1.165) is 11.0 Å². The van der Waals surface area contributed by atoms with Crippen molar-refractivity contribution in [1.29, 1.82) is 0 Å². The molecular weight excluding hydrogens is 270 g/mol. The number of pyridine rings is 1. The Hall–Kier alpha value is -2.89. The highest BCUT2D eigenvalue weighted by atomic mass is 16.5. The summed E-state index contributed by atoms with van der Waals surface area (Å²) in [5, 5.41) is 9.15. The monoisotopic (exact) mass is 283 g/mol. The molecule has 0 aliphatic heterocycles. The van der Waals surface area contributed by atoms with E-state index >= 15 is 0 Å². The largest absolute Gasteiger partial charge is 0.494 e. The summed E-state index contributed by atoms with van der Waals surface area (Å²) in [7, 11) is 1.55. The fourth-order valence-corrected chi connectivity index (χ4v) is 2.30. The second kappa shape index (κ2) is 5.24. The molecule has 0 fully saturated rings. The molecule has 6 nitrogen and oxygen atoms in total. The third kappa shape index (κ3) is 2.31. The predicted octanol–water partition coefficient (Wildman–Crippen LogP) is 2.19. The van der Waals surface area contributed by atoms with Crippen LogP contribution >= 0.6 is 0 Å². The van der Waals surface area contributed by atoms with Crippen molar-refractivity contribution in [2.45, 2.75) is 6.54 Å². The zero-order valence-corrected chi connectivity index (χ0v) is 11.4. The second-order valence-electron chi connectivity index (χ2n) is 4.48. The summed E-state index contributed by atoms with van der Waals surface area (Å²) >= 11 is 0. The molecular formula is C15H13N3O3. The Morgan fingerprint density at radius 3 is 2.90 bits per heavy atom. The number of nitrogens with zero attached hydrogens (tertiary/aromatic N) is 3. The number of aromatic nitrogens is 3. The molecule has 0 aliphatic carbocycles. The zero-order chi connectivity index (χ0) is 14.8. The predicted molar refractivity (Wildman–Crippen MR) is 77.2 cm³/mol. The van der Waals surface area contributed by atoms with Crippen LogP contribution in [0.15, 0.2) is 42.7 Å². The molecule has 1 aromatic carbocycles. The number of carboxylic acid groups (broad SMARTS) is 1. The Balaban J connectivity index is 2.28. The first-order valence-corrected chi connectivity index (χ1v) is 6.36. The minimum absolute atomic E-state index is 0.165. The van der Waals surface area contributed by atoms with Crippen molar-refractivity contribution in [2.75, 3.05) is 7.11 Å². The van der Waals surface area contributed by atoms with Crippen LogP contribution in [-0.2, 0) is 11.3 Å². The van der Waals surface area contributed by atoms with Gasteiger partial charge in [0.1, 0.15) is 18.1 Å². The van der Waals surface area contributed by atoms with E-state index in [2.05, 4.69) is 9.97 Å². The first-order chi connectivity index (χ1) is 10.2. The quantitative estimate of drug-likeness (QED) is 0.794. The molecule has 3 rings (SSSR count). The molecule has 6 heteroatoms. The topological polar surface area (TPSA) is 77.2 Å². The summed E-state index contributed by atoms with van der Waals surface area (Å²) in [6, 6.07) is 9.19. The summed E-state index contributed by atoms with van der Waals surface area (Å²) in [6.07, 6.45) is 3.21. The summed E-state index contributed by atoms with van der Waals surface area (Å²) in [5.41, 5.74) is 2.23. The van der Waals surface area contributed by atoms with E-state index in [0.29, 0.717) is 17.1 Å². The van der Waals surface area contributed by atoms with Gasteiger partial charge in [-0.1, -0.05) is 12.1 Å². The summed E-state index contributed by atoms with van der Waals surface area (Å²) in [4.78, 5) is 19.7. The number of carboxylic acids is 1. The number of methoxy groups -OCH3 is 1. The molecule has 0 radical (unpaired) electrons. The average molecular weight is 283 g/mol. The lowest BCUT2D eigenvalue weighted by Gasteiger charge is -2.09. The van der Waals surface area contributed by atoms with Gasteiger partial charge >= 0.3 is 5.97 Å². The number of para-hydroxylation sites is 2. The first kappa shape index (κ1) is 13.1. The SMILES string of the molecule is COc1cnccc1-c1nc2ccccc2n1CC(=O)O. The van der Waals surface area contributed by atoms with Crippen LogP contribution in [0.3, 0.4) is 0 Å². The molecule has 0 unspecified atom stereocenters. The van der Waals surface area contributed by atoms with Gasteiger partial charge in [0.15, 0.2) is 0 Å². The molecule has 0 aliphatic rings. The molecule has 2 heterocycles. The molecule has 21 heavy (non-hydrogen) atoms. The van der Waals surface area contributed by atoms with Crippen molar-refractivity contribution >= 4 is 17.0 Å². The van der Waals surface area contributed by atoms with Crippen molar-refractivity contribution < 1.29 is 14.6 Å². The number of ether oxygens (including phenoxy) is 1. The van der Waals surface area contributed by atoms with Crippen LogP contribution in [0.4, 0.5) is 0 Å². The zero-order valence-electron chi connectivity index (χ0n) is 11.4. The van der Waals surface area contributed by atoms with Crippen LogP contribution in [0, 0.1) is 0 Å². The van der Waals surface area contributed by atoms with E-state index in [1.54, 1.807) is 30.1 Å². The normalized spacial score (nSPS) is 10.7. The summed E-state index contributed by atoms with van der Waals surface area (Å²) < 4.78 is 6.95. The molecule has 106 valence electrons. The van der Waals surface area contributed by atoms with Gasteiger partial charge in [-0.25, -0.2) is 4.98 Å². The van der Waals surface area contributed by atoms with E-state index in [1.165, 1.54) is 0 Å². The molecule has 2 aromatic heterocycles. The molecule has 0 saturated carbocycles. The average Bonchev–Trinajstić information content (AvgIpc) is 2.85. The van der Waals surface area contributed by atoms with Gasteiger partial charge in [-0.15, -0.1) is 0 Å². The van der Waals surface area contributed by atoms with Gasteiger partial charge in [0, 0.05) is 6.20 Å². The van der Waals surface area contributed by atoms with Crippen LogP contribution in [-0.4, -0.2) is 32.7 Å². The Morgan fingerprint density at radius 2 is 2.14 bits per heavy atom. The summed E-state index contributed by atoms with van der Waals surface area (Å²) in [6.45, 7) is -0.165. The fourth-order valence-electron chi connectivity index (χ4n) is 2.30. The maximum absolute atomic E-state index is 11.2. The number of aliphatic carboxylic acids is 1. The van der Waals surface area contributed by atoms with Gasteiger partial charge < -0.3 is 14.4 Å². The van der Waals surface area contributed by atoms with Gasteiger partial charge in [-0.05, 0) is 18.2 Å². The van der Waals surface area contributed by atoms with Crippen molar-refractivity contribution in [2.24, 2.45) is 0 Å². The van der Waals surface area contributed by atoms with Crippen molar-refractivity contribution in [1.82, 2.24) is 14.5 Å². The molecule has 1 N–H and O–H groups in total. The molecule has 0 amide bonds. The van der Waals surface area contributed by atoms with Crippen molar-refractivity contribution in [3.05, 3.63) is 42.7 Å². The third-order valence-electron chi connectivity index (χ3n) is 3.19. The van der Waals surface area contributed by atoms with Crippen molar-refractivity contribution in [3.63, 3.8) is 0 Å². The maximum atomic E-state index is 11.2. The Labute approximate surface area is 120 Å². The number of carbonyl (C=O) groups is 1. The summed E-state index contributed by atoms with van der Waals surface area (Å²) in [5.74, 6) is 0.185. The van der Waals surface area contributed by atoms with Gasteiger partial charge in [-0.2, -0.15) is 0 Å². The number of imidazole rings is 1. The minimum Gasteiger partial charge on any atom is -0.494 e. The van der Waals surface area contributed by atoms with E-state index in [1.807, 2.05) is 24.3 Å². The lowest BCUT2D eigenvalue weighted by atomic mass is 10.2. The van der Waals surface area contributed by atoms with Gasteiger partial charge in [-0.3, -0.25) is 9.78 Å². The number of hydrogen-bond acceptors (Lipinski definition) is 4. The lowest BCUT2D eigenvalue weighted by Crippen LogP contribution is -2.10. The molecule has 3 aromatic rings. The maximum Gasteiger partial charge on any atom is 0.323 e. The highest BCUT2D eigenvalue weighted by molar-refractivity contribution is 5.83. The Bertz CT molecular complexity index is 811. The van der Waals surface area contributed by atoms with Gasteiger partial charge in [0.25, 0.3) is 0 Å². The van der Waals surface area contributed by atoms with E-state index in [9.17, 15) is 4.79 Å². The number of rotatable bonds is 4. The second-order valence-corrected chi connectivity index (χ2v) is 4.48. The first-order valence-electron chi connectivity index (χ1n) is 6.36. The minimum atomic E-state index is -0.924. The van der Waals surface area contributed by atoms with E-state index < -0.39 is 5.97 Å². The Kier molecular flexibility index (Phi) is 3.27. The smallest absolute Gasteiger partial charge is 0.323 e. The molecule has 0 bridgehead atoms. The standard InChI is InChI=1S/C15H13N3O3/c1-21-13-8-16-7-6-10(13)15-17-11-4-2-3-5-12(11)18(15)9-14(19)20/h2-8H,9H2,1H3,(H,19,20). The highest BCUT2D eigenvalue weighted by Crippen LogP contribution is 2.30. The fraction of sp³-hybridized carbons (Fsp3) is 0.133. The number of fused-ring (bicyclic) bond motifs is 1. The van der Waals surface area contributed by atoms with Crippen LogP contribution in [0.25, 0.3) is 22.4 Å². The highest BCUT2D eigenvalue weighted by Gasteiger charge is 2.17. The number of benzene rings is 1. The van der Waals surface area contributed by atoms with Crippen LogP contribution in [0.1, 0.15) is 0 Å². The van der Waals surface area contributed by atoms with Crippen LogP contribution in [0.2, 0.25) is 0 Å². The third-order valence-corrected chi connectivity index (χ3v) is 3.19. The van der Waals surface area contributed by atoms with Gasteiger partial charge in [0.2, 0.25) is 0 Å². The molecule has 0 spiro atoms. The van der Waals surface area contributed by atoms with E-state index in [4.69, 9.17) is 9.84 Å². The lowest BCUT2D eigenvalue weighted by molar-refractivity contribution is -0.137. The molecule has 0 saturated heterocycles. The van der Waals surface area contributed by atoms with E-state index in [-0.39, 0.29) is 6.54 Å². The van der Waals surface area contributed by atoms with Crippen molar-refractivity contribution in [3.8, 4) is 17.1 Å². The van der Waals surface area contributed by atoms with Gasteiger partial charge in [0.05, 0.1) is 29.9 Å². The van der Waals surface area contributed by atoms with Crippen LogP contribution in [0.5, 0.6) is 5.75 Å². The Morgan fingerprint density at radius 1 is 1.33 bits per heavy atom. The number of hydrogen-bond donors (Lipinski definition) is 1.